The van der Waals surface area contributed by atoms with Crippen LogP contribution in [-0.2, 0) is 11.2 Å². The average Bonchev–Trinajstić information content (AvgIpc) is 3.05. The summed E-state index contributed by atoms with van der Waals surface area (Å²) in [5.74, 6) is -1.00. The molecule has 6 heteroatoms. The molecule has 0 saturated carbocycles. The van der Waals surface area contributed by atoms with Crippen LogP contribution in [0.3, 0.4) is 0 Å². The second-order valence-corrected chi connectivity index (χ2v) is 5.57. The highest BCUT2D eigenvalue weighted by Crippen LogP contribution is 2.24. The van der Waals surface area contributed by atoms with Crippen LogP contribution in [0.5, 0.6) is 5.75 Å². The van der Waals surface area contributed by atoms with E-state index in [9.17, 15) is 14.7 Å². The van der Waals surface area contributed by atoms with E-state index in [-0.39, 0.29) is 12.2 Å². The fraction of sp³-hybridized carbons (Fsp3) is 0.158. The number of amides is 1. The number of hydrogen-bond acceptors (Lipinski definition) is 4. The summed E-state index contributed by atoms with van der Waals surface area (Å²) in [6.45, 7) is 0. The number of methoxy groups -OCH3 is 1. The maximum atomic E-state index is 12.4. The monoisotopic (exact) mass is 339 g/mol. The van der Waals surface area contributed by atoms with Gasteiger partial charge in [0.25, 0.3) is 5.91 Å². The molecule has 1 amide bonds. The topological polar surface area (TPSA) is 88.8 Å². The van der Waals surface area contributed by atoms with Crippen LogP contribution in [0.2, 0.25) is 0 Å². The number of hydrogen-bond donors (Lipinski definition) is 2. The minimum absolute atomic E-state index is 0.0579. The molecule has 0 radical (unpaired) electrons. The van der Waals surface area contributed by atoms with Crippen LogP contribution in [0.4, 0.5) is 0 Å². The zero-order valence-corrected chi connectivity index (χ0v) is 13.6. The molecule has 3 aromatic rings. The van der Waals surface area contributed by atoms with Crippen LogP contribution >= 0.6 is 0 Å². The first-order chi connectivity index (χ1) is 12.1. The molecule has 0 aliphatic carbocycles. The minimum atomic E-state index is -1.10. The van der Waals surface area contributed by atoms with Crippen molar-refractivity contribution in [2.24, 2.45) is 0 Å². The van der Waals surface area contributed by atoms with Gasteiger partial charge in [-0.3, -0.25) is 4.79 Å². The molecule has 3 rings (SSSR count). The molecule has 25 heavy (non-hydrogen) atoms. The molecule has 0 aliphatic heterocycles. The molecule has 0 spiro atoms. The number of benzene rings is 2. The van der Waals surface area contributed by atoms with Crippen LogP contribution in [0.1, 0.15) is 16.1 Å². The van der Waals surface area contributed by atoms with Gasteiger partial charge in [-0.05, 0) is 23.8 Å². The summed E-state index contributed by atoms with van der Waals surface area (Å²) in [7, 11) is 1.54. The Kier molecular flexibility index (Phi) is 4.70. The maximum absolute atomic E-state index is 12.4. The molecule has 0 bridgehead atoms. The smallest absolute Gasteiger partial charge is 0.326 e. The van der Waals surface area contributed by atoms with Crippen molar-refractivity contribution >= 4 is 22.8 Å². The molecule has 0 fully saturated rings. The Balaban J connectivity index is 1.78. The summed E-state index contributed by atoms with van der Waals surface area (Å²) in [4.78, 5) is 23.8. The highest BCUT2D eigenvalue weighted by molar-refractivity contribution is 5.98. The summed E-state index contributed by atoms with van der Waals surface area (Å²) < 4.78 is 10.6. The Morgan fingerprint density at radius 1 is 1.16 bits per heavy atom. The Morgan fingerprint density at radius 3 is 2.60 bits per heavy atom. The summed E-state index contributed by atoms with van der Waals surface area (Å²) in [6.07, 6.45) is 0.190. The number of carboxylic acid groups (broad SMARTS) is 1. The first kappa shape index (κ1) is 16.6. The lowest BCUT2D eigenvalue weighted by atomic mass is 10.1. The first-order valence-corrected chi connectivity index (χ1v) is 7.72. The number of aliphatic carboxylic acids is 1. The number of carboxylic acids is 1. The molecule has 2 N–H and O–H groups in total. The number of carbonyl (C=O) groups is 2. The van der Waals surface area contributed by atoms with Gasteiger partial charge in [0.1, 0.15) is 17.4 Å². The van der Waals surface area contributed by atoms with Gasteiger partial charge in [-0.2, -0.15) is 0 Å². The van der Waals surface area contributed by atoms with Gasteiger partial charge in [0.05, 0.1) is 7.11 Å². The van der Waals surface area contributed by atoms with Gasteiger partial charge in [0, 0.05) is 17.9 Å². The molecule has 6 nitrogen and oxygen atoms in total. The van der Waals surface area contributed by atoms with Gasteiger partial charge in [0.15, 0.2) is 5.76 Å². The van der Waals surface area contributed by atoms with Gasteiger partial charge in [0.2, 0.25) is 0 Å². The predicted octanol–water partition coefficient (Wildman–Crippen LogP) is 2.87. The van der Waals surface area contributed by atoms with Crippen molar-refractivity contribution < 1.29 is 23.8 Å². The molecule has 128 valence electrons. The fourth-order valence-corrected chi connectivity index (χ4v) is 2.53. The molecule has 1 atom stereocenters. The van der Waals surface area contributed by atoms with Crippen molar-refractivity contribution in [3.05, 3.63) is 65.9 Å². The lowest BCUT2D eigenvalue weighted by molar-refractivity contribution is -0.139. The first-order valence-electron chi connectivity index (χ1n) is 7.72. The van der Waals surface area contributed by atoms with Gasteiger partial charge in [-0.1, -0.05) is 30.3 Å². The largest absolute Gasteiger partial charge is 0.497 e. The normalized spacial score (nSPS) is 11.9. The molecule has 0 saturated heterocycles. The third-order valence-electron chi connectivity index (χ3n) is 3.84. The van der Waals surface area contributed by atoms with E-state index >= 15 is 0 Å². The van der Waals surface area contributed by atoms with Crippen LogP contribution in [0.25, 0.3) is 11.0 Å². The van der Waals surface area contributed by atoms with Crippen LogP contribution in [0, 0.1) is 0 Å². The zero-order valence-electron chi connectivity index (χ0n) is 13.6. The van der Waals surface area contributed by atoms with E-state index < -0.39 is 17.9 Å². The third kappa shape index (κ3) is 3.80. The van der Waals surface area contributed by atoms with E-state index in [2.05, 4.69) is 5.32 Å². The average molecular weight is 339 g/mol. The number of furan rings is 1. The van der Waals surface area contributed by atoms with E-state index in [1.807, 2.05) is 30.3 Å². The highest BCUT2D eigenvalue weighted by Gasteiger charge is 2.23. The van der Waals surface area contributed by atoms with E-state index in [1.165, 1.54) is 0 Å². The molecule has 1 aromatic heterocycles. The molecular formula is C19H17NO5. The van der Waals surface area contributed by atoms with E-state index in [0.29, 0.717) is 11.3 Å². The number of ether oxygens (including phenoxy) is 1. The molecule has 0 aliphatic rings. The summed E-state index contributed by atoms with van der Waals surface area (Å²) in [5.41, 5.74) is 1.32. The van der Waals surface area contributed by atoms with Crippen LogP contribution in [-0.4, -0.2) is 30.1 Å². The predicted molar refractivity (Wildman–Crippen MR) is 91.8 cm³/mol. The molecule has 1 heterocycles. The van der Waals surface area contributed by atoms with Crippen molar-refractivity contribution in [3.63, 3.8) is 0 Å². The number of rotatable bonds is 6. The Labute approximate surface area is 144 Å². The molecule has 1 unspecified atom stereocenters. The van der Waals surface area contributed by atoms with Crippen molar-refractivity contribution in [2.45, 2.75) is 12.5 Å². The Morgan fingerprint density at radius 2 is 1.92 bits per heavy atom. The lowest BCUT2D eigenvalue weighted by Crippen LogP contribution is -2.42. The Hall–Kier alpha value is -3.28. The van der Waals surface area contributed by atoms with Gasteiger partial charge in [-0.25, -0.2) is 4.79 Å². The standard InChI is InChI=1S/C19H17NO5/c1-24-14-8-7-13-10-17(25-16(13)11-14)18(21)20-15(19(22)23)9-12-5-3-2-4-6-12/h2-8,10-11,15H,9H2,1H3,(H,20,21)(H,22,23). The second kappa shape index (κ2) is 7.09. The fourth-order valence-electron chi connectivity index (χ4n) is 2.53. The van der Waals surface area contributed by atoms with Gasteiger partial charge < -0.3 is 19.6 Å². The molecule has 2 aromatic carbocycles. The number of fused-ring (bicyclic) bond motifs is 1. The maximum Gasteiger partial charge on any atom is 0.326 e. The zero-order chi connectivity index (χ0) is 17.8. The minimum Gasteiger partial charge on any atom is -0.497 e. The summed E-state index contributed by atoms with van der Waals surface area (Å²) in [6, 6.07) is 14.9. The summed E-state index contributed by atoms with van der Waals surface area (Å²) in [5, 5.41) is 12.6. The van der Waals surface area contributed by atoms with Crippen molar-refractivity contribution in [3.8, 4) is 5.75 Å². The highest BCUT2D eigenvalue weighted by atomic mass is 16.5. The van der Waals surface area contributed by atoms with Crippen LogP contribution in [0.15, 0.2) is 59.0 Å². The van der Waals surface area contributed by atoms with Crippen molar-refractivity contribution in [1.29, 1.82) is 0 Å². The van der Waals surface area contributed by atoms with E-state index in [1.54, 1.807) is 31.4 Å². The van der Waals surface area contributed by atoms with Gasteiger partial charge >= 0.3 is 5.97 Å². The molecular weight excluding hydrogens is 322 g/mol. The van der Waals surface area contributed by atoms with Crippen molar-refractivity contribution in [2.75, 3.05) is 7.11 Å². The Bertz CT molecular complexity index is 901. The van der Waals surface area contributed by atoms with E-state index in [0.717, 1.165) is 10.9 Å². The quantitative estimate of drug-likeness (QED) is 0.721. The van der Waals surface area contributed by atoms with Crippen LogP contribution < -0.4 is 10.1 Å². The number of nitrogens with one attached hydrogen (secondary N) is 1. The number of carbonyl (C=O) groups excluding carboxylic acids is 1. The van der Waals surface area contributed by atoms with E-state index in [4.69, 9.17) is 9.15 Å². The summed E-state index contributed by atoms with van der Waals surface area (Å²) >= 11 is 0. The van der Waals surface area contributed by atoms with Gasteiger partial charge in [-0.15, -0.1) is 0 Å². The third-order valence-corrected chi connectivity index (χ3v) is 3.84. The second-order valence-electron chi connectivity index (χ2n) is 5.57. The lowest BCUT2D eigenvalue weighted by Gasteiger charge is -2.13. The van der Waals surface area contributed by atoms with Crippen molar-refractivity contribution in [1.82, 2.24) is 5.32 Å². The SMILES string of the molecule is COc1ccc2cc(C(=O)NC(Cc3ccccc3)C(=O)O)oc2c1.